The van der Waals surface area contributed by atoms with E-state index in [1.54, 1.807) is 0 Å². The van der Waals surface area contributed by atoms with Gasteiger partial charge in [0.2, 0.25) is 4.57 Å². The van der Waals surface area contributed by atoms with Crippen molar-refractivity contribution in [1.29, 1.82) is 0 Å². The number of esters is 1. The van der Waals surface area contributed by atoms with Crippen LogP contribution >= 0.6 is 23.5 Å². The maximum Gasteiger partial charge on any atom is 0.412 e. The number of hydrogen-bond donors (Lipinski definition) is 0. The van der Waals surface area contributed by atoms with Gasteiger partial charge in [-0.1, -0.05) is 15.9 Å². The first kappa shape index (κ1) is 19.7. The van der Waals surface area contributed by atoms with Crippen LogP contribution < -0.4 is 0 Å². The topological polar surface area (TPSA) is 61.8 Å². The van der Waals surface area contributed by atoms with Gasteiger partial charge in [-0.25, -0.2) is 0 Å². The predicted molar refractivity (Wildman–Crippen MR) is 56.4 cm³/mol. The van der Waals surface area contributed by atoms with Crippen LogP contribution in [0.3, 0.4) is 0 Å². The molecule has 0 aliphatic heterocycles. The first-order valence-electron chi connectivity index (χ1n) is 4.55. The predicted octanol–water partition coefficient (Wildman–Crippen LogP) is 3.23. The fraction of sp³-hybridized carbons (Fsp3) is 0.857. The summed E-state index contributed by atoms with van der Waals surface area (Å²) in [6.45, 7) is -4.30. The van der Waals surface area contributed by atoms with Gasteiger partial charge >= 0.3 is 25.9 Å². The van der Waals surface area contributed by atoms with Gasteiger partial charge in [0.25, 0.3) is 0 Å². The molecule has 0 radical (unpaired) electrons. The fourth-order valence-electron chi connectivity index (χ4n) is 0.721. The molecule has 0 bridgehead atoms. The van der Waals surface area contributed by atoms with E-state index >= 15 is 0 Å². The van der Waals surface area contributed by atoms with E-state index in [0.717, 1.165) is 7.11 Å². The summed E-state index contributed by atoms with van der Waals surface area (Å²) < 4.78 is 93.1. The molecule has 0 heterocycles. The summed E-state index contributed by atoms with van der Waals surface area (Å²) in [5, 5.41) is 0. The number of methoxy groups -OCH3 is 1. The average molecular weight is 397 g/mol. The second kappa shape index (κ2) is 7.10. The highest BCUT2D eigenvalue weighted by atomic mass is 79.9. The zero-order chi connectivity index (χ0) is 16.2. The molecule has 0 saturated heterocycles. The highest BCUT2D eigenvalue weighted by Gasteiger charge is 2.46. The van der Waals surface area contributed by atoms with Crippen LogP contribution in [0.2, 0.25) is 0 Å². The van der Waals surface area contributed by atoms with Crippen molar-refractivity contribution in [3.8, 4) is 0 Å². The van der Waals surface area contributed by atoms with Gasteiger partial charge in [-0.15, -0.1) is 0 Å². The Morgan fingerprint density at radius 3 is 1.70 bits per heavy atom. The Bertz CT molecular complexity index is 361. The third kappa shape index (κ3) is 7.46. The summed E-state index contributed by atoms with van der Waals surface area (Å²) in [6.07, 6.45) is -9.94. The van der Waals surface area contributed by atoms with Gasteiger partial charge in [-0.3, -0.25) is 18.4 Å². The van der Waals surface area contributed by atoms with Crippen molar-refractivity contribution in [2.75, 3.05) is 20.3 Å². The molecule has 0 unspecified atom stereocenters. The highest BCUT2D eigenvalue weighted by molar-refractivity contribution is 9.11. The SMILES string of the molecule is COC(=O)[C@@H](Br)P(=O)(OCC(F)(F)F)OCC(F)(F)F. The lowest BCUT2D eigenvalue weighted by atomic mass is 10.7. The lowest BCUT2D eigenvalue weighted by Crippen LogP contribution is -2.25. The third-order valence-electron chi connectivity index (χ3n) is 1.49. The number of carbonyl (C=O) groups is 1. The molecule has 0 amide bonds. The Labute approximate surface area is 117 Å². The van der Waals surface area contributed by atoms with Crippen LogP contribution in [0.15, 0.2) is 0 Å². The molecule has 120 valence electrons. The average Bonchev–Trinajstić information content (AvgIpc) is 2.30. The molecule has 0 aromatic carbocycles. The number of ether oxygens (including phenoxy) is 1. The number of alkyl halides is 7. The van der Waals surface area contributed by atoms with Gasteiger partial charge in [0.15, 0.2) is 13.2 Å². The molecule has 20 heavy (non-hydrogen) atoms. The Balaban J connectivity index is 5.03. The molecule has 13 heteroatoms. The van der Waals surface area contributed by atoms with Crippen LogP contribution in [0.25, 0.3) is 0 Å². The van der Waals surface area contributed by atoms with Gasteiger partial charge in [0.05, 0.1) is 7.11 Å². The van der Waals surface area contributed by atoms with Crippen LogP contribution in [-0.4, -0.2) is 43.2 Å². The van der Waals surface area contributed by atoms with Crippen LogP contribution in [0, 0.1) is 0 Å². The van der Waals surface area contributed by atoms with Crippen molar-refractivity contribution >= 4 is 29.5 Å². The third-order valence-corrected chi connectivity index (χ3v) is 5.11. The van der Waals surface area contributed by atoms with Crippen molar-refractivity contribution < 1.29 is 49.5 Å². The normalized spacial score (nSPS) is 15.0. The molecule has 0 fully saturated rings. The maximum atomic E-state index is 12.0. The van der Waals surface area contributed by atoms with Crippen molar-refractivity contribution in [2.24, 2.45) is 0 Å². The molecule has 0 spiro atoms. The Morgan fingerprint density at radius 1 is 1.10 bits per heavy atom. The van der Waals surface area contributed by atoms with E-state index in [-0.39, 0.29) is 0 Å². The second-order valence-electron chi connectivity index (χ2n) is 3.18. The molecular formula is C7H8BrF6O5P. The monoisotopic (exact) mass is 396 g/mol. The first-order chi connectivity index (χ1) is 8.81. The zero-order valence-electron chi connectivity index (χ0n) is 9.63. The summed E-state index contributed by atoms with van der Waals surface area (Å²) in [6, 6.07) is 0. The van der Waals surface area contributed by atoms with Crippen LogP contribution in [-0.2, 0) is 23.1 Å². The second-order valence-corrected chi connectivity index (χ2v) is 6.91. The number of halogens is 7. The molecule has 0 aliphatic rings. The van der Waals surface area contributed by atoms with Crippen LogP contribution in [0.1, 0.15) is 0 Å². The highest BCUT2D eigenvalue weighted by Crippen LogP contribution is 2.57. The minimum atomic E-state index is -5.07. The molecule has 0 N–H and O–H groups in total. The quantitative estimate of drug-likeness (QED) is 0.298. The molecule has 0 aliphatic carbocycles. The Hall–Kier alpha value is -0.320. The minimum Gasteiger partial charge on any atom is -0.468 e. The van der Waals surface area contributed by atoms with E-state index in [1.807, 2.05) is 0 Å². The molecule has 5 nitrogen and oxygen atoms in total. The summed E-state index contributed by atoms with van der Waals surface area (Å²) in [5.74, 6) is -1.40. The number of carbonyl (C=O) groups excluding carboxylic acids is 1. The number of hydrogen-bond acceptors (Lipinski definition) is 5. The lowest BCUT2D eigenvalue weighted by molar-refractivity contribution is -0.166. The standard InChI is InChI=1S/C7H8BrF6O5P/c1-17-5(15)4(8)20(16,18-2-6(9,10)11)19-3-7(12,13)14/h4H,2-3H2,1H3/t4-/m0/s1. The van der Waals surface area contributed by atoms with Gasteiger partial charge in [-0.05, 0) is 0 Å². The van der Waals surface area contributed by atoms with E-state index in [2.05, 4.69) is 29.7 Å². The smallest absolute Gasteiger partial charge is 0.412 e. The van der Waals surface area contributed by atoms with Crippen molar-refractivity contribution in [3.05, 3.63) is 0 Å². The number of rotatable bonds is 6. The Kier molecular flexibility index (Phi) is 6.99. The molecule has 0 aromatic rings. The minimum absolute atomic E-state index is 0.786. The molecule has 0 saturated carbocycles. The summed E-state index contributed by atoms with van der Waals surface area (Å²) >= 11 is 2.34. The van der Waals surface area contributed by atoms with Gasteiger partial charge in [0, 0.05) is 0 Å². The van der Waals surface area contributed by atoms with E-state index < -0.39 is 43.7 Å². The maximum absolute atomic E-state index is 12.0. The van der Waals surface area contributed by atoms with Gasteiger partial charge in [0.1, 0.15) is 0 Å². The van der Waals surface area contributed by atoms with Crippen molar-refractivity contribution in [2.45, 2.75) is 16.9 Å². The van der Waals surface area contributed by atoms with E-state index in [0.29, 0.717) is 0 Å². The Morgan fingerprint density at radius 2 is 1.45 bits per heavy atom. The lowest BCUT2D eigenvalue weighted by Gasteiger charge is -2.22. The molecule has 0 aromatic heterocycles. The van der Waals surface area contributed by atoms with Gasteiger partial charge in [-0.2, -0.15) is 26.3 Å². The fourth-order valence-corrected chi connectivity index (χ4v) is 2.97. The van der Waals surface area contributed by atoms with Crippen LogP contribution in [0.5, 0.6) is 0 Å². The summed E-state index contributed by atoms with van der Waals surface area (Å²) in [7, 11) is -4.29. The van der Waals surface area contributed by atoms with E-state index in [9.17, 15) is 35.7 Å². The zero-order valence-corrected chi connectivity index (χ0v) is 12.1. The summed E-state index contributed by atoms with van der Waals surface area (Å²) in [5.41, 5.74) is 0. The molecule has 1 atom stereocenters. The largest absolute Gasteiger partial charge is 0.468 e. The van der Waals surface area contributed by atoms with Crippen LogP contribution in [0.4, 0.5) is 26.3 Å². The van der Waals surface area contributed by atoms with Crippen molar-refractivity contribution in [3.63, 3.8) is 0 Å². The summed E-state index contributed by atoms with van der Waals surface area (Å²) in [4.78, 5) is 11.0. The van der Waals surface area contributed by atoms with Crippen molar-refractivity contribution in [1.82, 2.24) is 0 Å². The van der Waals surface area contributed by atoms with Gasteiger partial charge < -0.3 is 4.74 Å². The first-order valence-corrected chi connectivity index (χ1v) is 7.08. The van der Waals surface area contributed by atoms with E-state index in [4.69, 9.17) is 0 Å². The van der Waals surface area contributed by atoms with E-state index in [1.165, 1.54) is 0 Å². The molecule has 0 rings (SSSR count). The molecular weight excluding hydrogens is 389 g/mol.